The minimum Gasteiger partial charge on any atom is -0.507 e. The van der Waals surface area contributed by atoms with Gasteiger partial charge in [0.15, 0.2) is 0 Å². The van der Waals surface area contributed by atoms with E-state index in [4.69, 9.17) is 4.74 Å². The van der Waals surface area contributed by atoms with Gasteiger partial charge in [0.1, 0.15) is 11.5 Å². The van der Waals surface area contributed by atoms with Crippen molar-refractivity contribution in [3.8, 4) is 11.5 Å². The number of ether oxygens (including phenoxy) is 1. The molecule has 0 fully saturated rings. The van der Waals surface area contributed by atoms with Crippen molar-refractivity contribution in [2.24, 2.45) is 4.99 Å². The molecule has 4 aromatic rings. The van der Waals surface area contributed by atoms with Gasteiger partial charge in [-0.05, 0) is 41.1 Å². The van der Waals surface area contributed by atoms with E-state index in [0.29, 0.717) is 5.56 Å². The lowest BCUT2D eigenvalue weighted by Crippen LogP contribution is -1.88. The van der Waals surface area contributed by atoms with E-state index in [0.717, 1.165) is 33.1 Å². The Morgan fingerprint density at radius 3 is 2.68 bits per heavy atom. The number of fused-ring (bicyclic) bond motifs is 2. The van der Waals surface area contributed by atoms with E-state index in [1.54, 1.807) is 25.6 Å². The molecule has 0 aliphatic carbocycles. The highest BCUT2D eigenvalue weighted by atomic mass is 16.5. The minimum atomic E-state index is 0.202. The number of nitrogens with zero attached hydrogens (tertiary/aromatic N) is 2. The van der Waals surface area contributed by atoms with Gasteiger partial charge in [-0.2, -0.15) is 0 Å². The Hall–Kier alpha value is -3.40. The normalized spacial score (nSPS) is 11.4. The summed E-state index contributed by atoms with van der Waals surface area (Å²) >= 11 is 0. The van der Waals surface area contributed by atoms with Crippen molar-refractivity contribution in [3.63, 3.8) is 0 Å². The Morgan fingerprint density at radius 1 is 0.960 bits per heavy atom. The Kier molecular flexibility index (Phi) is 3.78. The van der Waals surface area contributed by atoms with Gasteiger partial charge < -0.3 is 9.84 Å². The second-order valence-electron chi connectivity index (χ2n) is 5.66. The van der Waals surface area contributed by atoms with Crippen LogP contribution in [-0.2, 0) is 0 Å². The maximum Gasteiger partial charge on any atom is 0.128 e. The Bertz CT molecular complexity index is 1100. The second-order valence-corrected chi connectivity index (χ2v) is 5.66. The monoisotopic (exact) mass is 328 g/mol. The van der Waals surface area contributed by atoms with Crippen molar-refractivity contribution in [2.75, 3.05) is 7.11 Å². The van der Waals surface area contributed by atoms with Crippen LogP contribution in [0.5, 0.6) is 11.5 Å². The SMILES string of the molecule is COc1ccc(N=Cc2c(O)ccc3ccccc23)c2ncccc12. The third kappa shape index (κ3) is 2.68. The number of aromatic nitrogens is 1. The van der Waals surface area contributed by atoms with Crippen molar-refractivity contribution in [3.05, 3.63) is 72.4 Å². The maximum absolute atomic E-state index is 10.3. The van der Waals surface area contributed by atoms with Crippen LogP contribution >= 0.6 is 0 Å². The number of pyridine rings is 1. The molecule has 4 heteroatoms. The molecular weight excluding hydrogens is 312 g/mol. The molecule has 0 atom stereocenters. The summed E-state index contributed by atoms with van der Waals surface area (Å²) in [4.78, 5) is 9.02. The fourth-order valence-electron chi connectivity index (χ4n) is 2.97. The smallest absolute Gasteiger partial charge is 0.128 e. The Morgan fingerprint density at radius 2 is 1.80 bits per heavy atom. The fraction of sp³-hybridized carbons (Fsp3) is 0.0476. The number of hydrogen-bond donors (Lipinski definition) is 1. The van der Waals surface area contributed by atoms with Crippen molar-refractivity contribution in [2.45, 2.75) is 0 Å². The predicted molar refractivity (Wildman–Crippen MR) is 101 cm³/mol. The lowest BCUT2D eigenvalue weighted by atomic mass is 10.0. The molecule has 1 N–H and O–H groups in total. The summed E-state index contributed by atoms with van der Waals surface area (Å²) in [5.74, 6) is 0.961. The van der Waals surface area contributed by atoms with Crippen molar-refractivity contribution in [1.29, 1.82) is 0 Å². The van der Waals surface area contributed by atoms with E-state index in [2.05, 4.69) is 9.98 Å². The summed E-state index contributed by atoms with van der Waals surface area (Å²) < 4.78 is 5.39. The average molecular weight is 328 g/mol. The third-order valence-electron chi connectivity index (χ3n) is 4.21. The van der Waals surface area contributed by atoms with Gasteiger partial charge >= 0.3 is 0 Å². The van der Waals surface area contributed by atoms with E-state index in [1.807, 2.05) is 54.6 Å². The number of benzene rings is 3. The van der Waals surface area contributed by atoms with E-state index in [9.17, 15) is 5.11 Å². The van der Waals surface area contributed by atoms with E-state index in [1.165, 1.54) is 0 Å². The fourth-order valence-corrected chi connectivity index (χ4v) is 2.97. The summed E-state index contributed by atoms with van der Waals surface area (Å²) in [5, 5.41) is 13.2. The first-order valence-corrected chi connectivity index (χ1v) is 7.94. The van der Waals surface area contributed by atoms with E-state index >= 15 is 0 Å². The zero-order valence-corrected chi connectivity index (χ0v) is 13.7. The average Bonchev–Trinajstić information content (AvgIpc) is 2.67. The number of aromatic hydroxyl groups is 1. The van der Waals surface area contributed by atoms with Crippen LogP contribution in [0.4, 0.5) is 5.69 Å². The topological polar surface area (TPSA) is 54.7 Å². The molecule has 4 rings (SSSR count). The summed E-state index contributed by atoms with van der Waals surface area (Å²) in [7, 11) is 1.64. The summed E-state index contributed by atoms with van der Waals surface area (Å²) in [6, 6.07) is 19.1. The molecule has 0 bridgehead atoms. The summed E-state index contributed by atoms with van der Waals surface area (Å²) in [6.07, 6.45) is 3.42. The molecule has 0 saturated carbocycles. The first-order chi connectivity index (χ1) is 12.3. The highest BCUT2D eigenvalue weighted by Crippen LogP contribution is 2.32. The van der Waals surface area contributed by atoms with Gasteiger partial charge in [-0.15, -0.1) is 0 Å². The van der Waals surface area contributed by atoms with Gasteiger partial charge in [0.25, 0.3) is 0 Å². The molecule has 4 nitrogen and oxygen atoms in total. The molecule has 1 aromatic heterocycles. The van der Waals surface area contributed by atoms with Crippen molar-refractivity contribution < 1.29 is 9.84 Å². The molecule has 0 amide bonds. The van der Waals surface area contributed by atoms with Crippen LogP contribution in [0.15, 0.2) is 71.9 Å². The highest BCUT2D eigenvalue weighted by molar-refractivity contribution is 6.04. The van der Waals surface area contributed by atoms with E-state index < -0.39 is 0 Å². The molecule has 0 saturated heterocycles. The largest absolute Gasteiger partial charge is 0.507 e. The first kappa shape index (κ1) is 15.1. The number of phenolic OH excluding ortho intramolecular Hbond substituents is 1. The molecule has 0 aliphatic heterocycles. The van der Waals surface area contributed by atoms with Gasteiger partial charge in [-0.1, -0.05) is 30.3 Å². The van der Waals surface area contributed by atoms with Gasteiger partial charge in [0.05, 0.1) is 18.3 Å². The minimum absolute atomic E-state index is 0.202. The molecule has 0 spiro atoms. The Balaban J connectivity index is 1.87. The number of methoxy groups -OCH3 is 1. The molecule has 25 heavy (non-hydrogen) atoms. The molecular formula is C21H16N2O2. The zero-order chi connectivity index (χ0) is 17.2. The molecule has 1 heterocycles. The van der Waals surface area contributed by atoms with Crippen LogP contribution in [0.2, 0.25) is 0 Å². The van der Waals surface area contributed by atoms with Crippen LogP contribution in [0.1, 0.15) is 5.56 Å². The van der Waals surface area contributed by atoms with Gasteiger partial charge in [0, 0.05) is 23.4 Å². The van der Waals surface area contributed by atoms with Crippen LogP contribution < -0.4 is 4.74 Å². The molecule has 0 radical (unpaired) electrons. The summed E-state index contributed by atoms with van der Waals surface area (Å²) in [6.45, 7) is 0. The third-order valence-corrected chi connectivity index (χ3v) is 4.21. The Labute approximate surface area is 145 Å². The molecule has 122 valence electrons. The van der Waals surface area contributed by atoms with Crippen LogP contribution in [0.3, 0.4) is 0 Å². The first-order valence-electron chi connectivity index (χ1n) is 7.94. The van der Waals surface area contributed by atoms with E-state index in [-0.39, 0.29) is 5.75 Å². The lowest BCUT2D eigenvalue weighted by Gasteiger charge is -2.07. The van der Waals surface area contributed by atoms with Gasteiger partial charge in [-0.3, -0.25) is 9.98 Å². The quantitative estimate of drug-likeness (QED) is 0.547. The van der Waals surface area contributed by atoms with Gasteiger partial charge in [-0.25, -0.2) is 0 Å². The second kappa shape index (κ2) is 6.24. The number of aliphatic imine (C=N–C) groups is 1. The number of rotatable bonds is 3. The standard InChI is InChI=1S/C21H16N2O2/c1-25-20-11-9-18(21-16(20)7-4-12-22-21)23-13-17-15-6-3-2-5-14(15)8-10-19(17)24/h2-13,24H,1H3. The molecule has 0 aliphatic rings. The summed E-state index contributed by atoms with van der Waals surface area (Å²) in [5.41, 5.74) is 2.18. The van der Waals surface area contributed by atoms with Crippen molar-refractivity contribution >= 4 is 33.6 Å². The van der Waals surface area contributed by atoms with Crippen molar-refractivity contribution in [1.82, 2.24) is 4.98 Å². The zero-order valence-electron chi connectivity index (χ0n) is 13.7. The number of hydrogen-bond acceptors (Lipinski definition) is 4. The molecule has 3 aromatic carbocycles. The van der Waals surface area contributed by atoms with Crippen LogP contribution in [0.25, 0.3) is 21.7 Å². The highest BCUT2D eigenvalue weighted by Gasteiger charge is 2.08. The number of phenols is 1. The molecule has 0 unspecified atom stereocenters. The predicted octanol–water partition coefficient (Wildman–Crippen LogP) is 4.85. The van der Waals surface area contributed by atoms with Crippen LogP contribution in [0, 0.1) is 0 Å². The lowest BCUT2D eigenvalue weighted by molar-refractivity contribution is 0.420. The van der Waals surface area contributed by atoms with Crippen LogP contribution in [-0.4, -0.2) is 23.4 Å². The van der Waals surface area contributed by atoms with Gasteiger partial charge in [0.2, 0.25) is 0 Å². The maximum atomic E-state index is 10.3.